The van der Waals surface area contributed by atoms with Gasteiger partial charge in [-0.1, -0.05) is 35.9 Å². The smallest absolute Gasteiger partial charge is 0.191 e. The van der Waals surface area contributed by atoms with Crippen molar-refractivity contribution in [2.24, 2.45) is 4.99 Å². The summed E-state index contributed by atoms with van der Waals surface area (Å²) in [6.07, 6.45) is 0.811. The second kappa shape index (κ2) is 11.0. The van der Waals surface area contributed by atoms with E-state index in [-0.39, 0.29) is 24.0 Å². The van der Waals surface area contributed by atoms with Gasteiger partial charge in [-0.05, 0) is 43.3 Å². The minimum Gasteiger partial charge on any atom is -0.383 e. The number of nitrogens with one attached hydrogen (secondary N) is 2. The predicted molar refractivity (Wildman–Crippen MR) is 118 cm³/mol. The summed E-state index contributed by atoms with van der Waals surface area (Å²) in [5.41, 5.74) is 0.146. The fourth-order valence-corrected chi connectivity index (χ4v) is 3.26. The third kappa shape index (κ3) is 7.13. The van der Waals surface area contributed by atoms with Crippen molar-refractivity contribution in [3.8, 4) is 0 Å². The molecule has 3 N–H and O–H groups in total. The molecule has 1 aromatic carbocycles. The van der Waals surface area contributed by atoms with Gasteiger partial charge in [0.05, 0.1) is 6.54 Å². The SMILES string of the molecule is CCNC(=NCC(C)(O)c1cccs1)NCCc1ccccc1Cl.I. The minimum absolute atomic E-state index is 0. The first kappa shape index (κ1) is 22.2. The van der Waals surface area contributed by atoms with E-state index in [0.29, 0.717) is 12.5 Å². The van der Waals surface area contributed by atoms with Crippen LogP contribution in [0.5, 0.6) is 0 Å². The average molecular weight is 494 g/mol. The van der Waals surface area contributed by atoms with Crippen molar-refractivity contribution in [2.75, 3.05) is 19.6 Å². The van der Waals surface area contributed by atoms with Crippen LogP contribution in [0.15, 0.2) is 46.8 Å². The van der Waals surface area contributed by atoms with Gasteiger partial charge < -0.3 is 15.7 Å². The van der Waals surface area contributed by atoms with Gasteiger partial charge in [-0.25, -0.2) is 4.99 Å². The van der Waals surface area contributed by atoms with Crippen molar-refractivity contribution >= 4 is 52.9 Å². The predicted octanol–water partition coefficient (Wildman–Crippen LogP) is 4.02. The molecule has 138 valence electrons. The summed E-state index contributed by atoms with van der Waals surface area (Å²) < 4.78 is 0. The molecule has 0 amide bonds. The van der Waals surface area contributed by atoms with E-state index in [1.165, 1.54) is 11.3 Å². The molecule has 0 aliphatic carbocycles. The molecule has 0 spiro atoms. The first-order valence-corrected chi connectivity index (χ1v) is 9.30. The molecule has 0 aliphatic heterocycles. The molecule has 0 fully saturated rings. The van der Waals surface area contributed by atoms with Crippen molar-refractivity contribution in [1.82, 2.24) is 10.6 Å². The van der Waals surface area contributed by atoms with Gasteiger partial charge in [-0.2, -0.15) is 0 Å². The molecule has 0 aliphatic rings. The number of hydrogen-bond donors (Lipinski definition) is 3. The lowest BCUT2D eigenvalue weighted by Gasteiger charge is -2.20. The van der Waals surface area contributed by atoms with Crippen LogP contribution in [0, 0.1) is 0 Å². The summed E-state index contributed by atoms with van der Waals surface area (Å²) in [7, 11) is 0. The Bertz CT molecular complexity index is 662. The molecule has 2 rings (SSSR count). The number of hydrogen-bond acceptors (Lipinski definition) is 3. The fourth-order valence-electron chi connectivity index (χ4n) is 2.25. The largest absolute Gasteiger partial charge is 0.383 e. The van der Waals surface area contributed by atoms with Crippen LogP contribution in [0.1, 0.15) is 24.3 Å². The first-order valence-electron chi connectivity index (χ1n) is 8.05. The second-order valence-electron chi connectivity index (χ2n) is 5.71. The summed E-state index contributed by atoms with van der Waals surface area (Å²) in [4.78, 5) is 5.43. The molecule has 2 aromatic rings. The lowest BCUT2D eigenvalue weighted by molar-refractivity contribution is 0.0711. The molecule has 4 nitrogen and oxygen atoms in total. The van der Waals surface area contributed by atoms with Gasteiger partial charge in [0.2, 0.25) is 0 Å². The fraction of sp³-hybridized carbons (Fsp3) is 0.389. The summed E-state index contributed by atoms with van der Waals surface area (Å²) >= 11 is 7.71. The Morgan fingerprint density at radius 2 is 2.00 bits per heavy atom. The molecule has 0 saturated carbocycles. The van der Waals surface area contributed by atoms with Crippen LogP contribution < -0.4 is 10.6 Å². The van der Waals surface area contributed by atoms with Crippen molar-refractivity contribution in [3.63, 3.8) is 0 Å². The van der Waals surface area contributed by atoms with Crippen LogP contribution >= 0.6 is 46.9 Å². The van der Waals surface area contributed by atoms with E-state index in [4.69, 9.17) is 11.6 Å². The Labute approximate surface area is 175 Å². The Kier molecular flexibility index (Phi) is 9.78. The van der Waals surface area contributed by atoms with Gasteiger partial charge in [-0.15, -0.1) is 35.3 Å². The zero-order valence-corrected chi connectivity index (χ0v) is 18.4. The zero-order valence-electron chi connectivity index (χ0n) is 14.5. The van der Waals surface area contributed by atoms with E-state index in [2.05, 4.69) is 15.6 Å². The minimum atomic E-state index is -0.959. The van der Waals surface area contributed by atoms with E-state index >= 15 is 0 Å². The van der Waals surface area contributed by atoms with Gasteiger partial charge in [-0.3, -0.25) is 0 Å². The Hall–Kier alpha value is -0.830. The van der Waals surface area contributed by atoms with Crippen LogP contribution in [0.4, 0.5) is 0 Å². The number of nitrogens with zero attached hydrogens (tertiary/aromatic N) is 1. The number of rotatable bonds is 7. The maximum atomic E-state index is 10.6. The number of benzene rings is 1. The standard InChI is InChI=1S/C18H24ClN3OS.HI/c1-3-20-17(21-11-10-14-7-4-5-8-15(14)19)22-13-18(2,23)16-9-6-12-24-16;/h4-9,12,23H,3,10-11,13H2,1-2H3,(H2,20,21,22);1H. The number of guanidine groups is 1. The Balaban J connectivity index is 0.00000312. The summed E-state index contributed by atoms with van der Waals surface area (Å²) in [6.45, 7) is 5.59. The first-order chi connectivity index (χ1) is 11.5. The normalized spacial score (nSPS) is 13.7. The third-order valence-electron chi connectivity index (χ3n) is 3.59. The molecule has 0 saturated heterocycles. The topological polar surface area (TPSA) is 56.7 Å². The highest BCUT2D eigenvalue weighted by molar-refractivity contribution is 14.0. The second-order valence-corrected chi connectivity index (χ2v) is 7.07. The van der Waals surface area contributed by atoms with Crippen LogP contribution in [0.25, 0.3) is 0 Å². The van der Waals surface area contributed by atoms with Gasteiger partial charge in [0.15, 0.2) is 5.96 Å². The Morgan fingerprint density at radius 3 is 2.64 bits per heavy atom. The van der Waals surface area contributed by atoms with Gasteiger partial charge >= 0.3 is 0 Å². The molecule has 1 unspecified atom stereocenters. The van der Waals surface area contributed by atoms with Crippen LogP contribution in [0.3, 0.4) is 0 Å². The molecule has 0 radical (unpaired) electrons. The number of aliphatic hydroxyl groups is 1. The number of thiophene rings is 1. The maximum Gasteiger partial charge on any atom is 0.191 e. The molecule has 7 heteroatoms. The van der Waals surface area contributed by atoms with E-state index < -0.39 is 5.60 Å². The van der Waals surface area contributed by atoms with E-state index in [9.17, 15) is 5.11 Å². The third-order valence-corrected chi connectivity index (χ3v) is 5.08. The van der Waals surface area contributed by atoms with Crippen LogP contribution in [-0.4, -0.2) is 30.7 Å². The van der Waals surface area contributed by atoms with Crippen molar-refractivity contribution in [1.29, 1.82) is 0 Å². The van der Waals surface area contributed by atoms with E-state index in [1.807, 2.05) is 48.7 Å². The summed E-state index contributed by atoms with van der Waals surface area (Å²) in [5.74, 6) is 0.696. The zero-order chi connectivity index (χ0) is 17.4. The van der Waals surface area contributed by atoms with Crippen LogP contribution in [-0.2, 0) is 12.0 Å². The van der Waals surface area contributed by atoms with E-state index in [0.717, 1.165) is 35.0 Å². The average Bonchev–Trinajstić information content (AvgIpc) is 3.10. The summed E-state index contributed by atoms with van der Waals surface area (Å²) in [6, 6.07) is 11.7. The lowest BCUT2D eigenvalue weighted by Crippen LogP contribution is -2.39. The number of aliphatic imine (C=N–C) groups is 1. The molecule has 1 aromatic heterocycles. The monoisotopic (exact) mass is 493 g/mol. The highest BCUT2D eigenvalue weighted by atomic mass is 127. The van der Waals surface area contributed by atoms with Crippen molar-refractivity contribution < 1.29 is 5.11 Å². The maximum absolute atomic E-state index is 10.6. The quantitative estimate of drug-likeness (QED) is 0.310. The van der Waals surface area contributed by atoms with Gasteiger partial charge in [0.25, 0.3) is 0 Å². The number of halogens is 2. The highest BCUT2D eigenvalue weighted by Gasteiger charge is 2.23. The highest BCUT2D eigenvalue weighted by Crippen LogP contribution is 2.25. The summed E-state index contributed by atoms with van der Waals surface area (Å²) in [5, 5.41) is 19.8. The van der Waals surface area contributed by atoms with E-state index in [1.54, 1.807) is 6.92 Å². The Morgan fingerprint density at radius 1 is 1.24 bits per heavy atom. The van der Waals surface area contributed by atoms with Gasteiger partial charge in [0, 0.05) is 23.0 Å². The van der Waals surface area contributed by atoms with Crippen molar-refractivity contribution in [2.45, 2.75) is 25.9 Å². The molecular weight excluding hydrogens is 469 g/mol. The molecule has 25 heavy (non-hydrogen) atoms. The van der Waals surface area contributed by atoms with Gasteiger partial charge in [0.1, 0.15) is 5.60 Å². The molecule has 1 atom stereocenters. The van der Waals surface area contributed by atoms with Crippen LogP contribution in [0.2, 0.25) is 5.02 Å². The molecule has 0 bridgehead atoms. The molecule has 1 heterocycles. The molecular formula is C18H25ClIN3OS. The lowest BCUT2D eigenvalue weighted by atomic mass is 10.1. The van der Waals surface area contributed by atoms with Crippen molar-refractivity contribution in [3.05, 3.63) is 57.2 Å².